The minimum atomic E-state index is -2.57. The predicted octanol–water partition coefficient (Wildman–Crippen LogP) is 0.565. The third kappa shape index (κ3) is 2.54. The van der Waals surface area contributed by atoms with Crippen LogP contribution in [0.5, 0.6) is 0 Å². The Morgan fingerprint density at radius 1 is 1.45 bits per heavy atom. The van der Waals surface area contributed by atoms with Crippen molar-refractivity contribution in [2.45, 2.75) is 13.3 Å². The summed E-state index contributed by atoms with van der Waals surface area (Å²) in [6, 6.07) is 0. The van der Waals surface area contributed by atoms with Gasteiger partial charge in [-0.05, 0) is 19.3 Å². The van der Waals surface area contributed by atoms with E-state index in [0.29, 0.717) is 24.8 Å². The zero-order valence-corrected chi connectivity index (χ0v) is 14.1. The van der Waals surface area contributed by atoms with E-state index in [1.165, 1.54) is 12.6 Å². The topological polar surface area (TPSA) is 90.5 Å². The maximum atomic E-state index is 11.7. The van der Waals surface area contributed by atoms with Crippen LogP contribution in [-0.4, -0.2) is 61.5 Å². The number of aryl methyl sites for hydroxylation is 1. The van der Waals surface area contributed by atoms with Gasteiger partial charge in [0.15, 0.2) is 0 Å². The average molecular weight is 323 g/mol. The molecule has 0 saturated carbocycles. The van der Waals surface area contributed by atoms with Crippen molar-refractivity contribution in [3.63, 3.8) is 0 Å². The van der Waals surface area contributed by atoms with Crippen LogP contribution < -0.4 is 4.90 Å². The van der Waals surface area contributed by atoms with Crippen LogP contribution in [0.1, 0.15) is 11.3 Å². The number of nitrogens with one attached hydrogen (secondary N) is 1. The summed E-state index contributed by atoms with van der Waals surface area (Å²) in [6.45, 7) is 3.38. The van der Waals surface area contributed by atoms with E-state index in [1.807, 2.05) is 25.9 Å². The quantitative estimate of drug-likeness (QED) is 0.888. The lowest BCUT2D eigenvalue weighted by molar-refractivity contribution is 0.207. The molecule has 120 valence electrons. The molecular formula is C13H21N7OS. The van der Waals surface area contributed by atoms with Gasteiger partial charge in [0, 0.05) is 44.7 Å². The molecule has 0 aromatic carbocycles. The Hall–Kier alpha value is -1.74. The molecule has 1 atom stereocenters. The first-order valence-corrected chi connectivity index (χ1v) is 9.05. The number of rotatable bonds is 4. The zero-order valence-electron chi connectivity index (χ0n) is 13.3. The Morgan fingerprint density at radius 3 is 2.73 bits per heavy atom. The van der Waals surface area contributed by atoms with E-state index in [2.05, 4.69) is 15.1 Å². The fraction of sp³-hybridized carbons (Fsp3) is 0.615. The summed E-state index contributed by atoms with van der Waals surface area (Å²) < 4.78 is 22.8. The molecule has 1 N–H and O–H groups in total. The SMILES string of the molecule is Cc1nc2ncnn2c(N(C)C)c1CC1CN(S(C)(=N)=O)C1. The van der Waals surface area contributed by atoms with Crippen LogP contribution >= 0.6 is 0 Å². The van der Waals surface area contributed by atoms with Crippen molar-refractivity contribution in [2.24, 2.45) is 5.92 Å². The first-order valence-electron chi connectivity index (χ1n) is 7.12. The largest absolute Gasteiger partial charge is 0.362 e. The van der Waals surface area contributed by atoms with E-state index >= 15 is 0 Å². The molecule has 0 spiro atoms. The van der Waals surface area contributed by atoms with Gasteiger partial charge in [0.2, 0.25) is 0 Å². The normalized spacial score (nSPS) is 19.1. The summed E-state index contributed by atoms with van der Waals surface area (Å²) >= 11 is 0. The second-order valence-corrected chi connectivity index (χ2v) is 8.21. The van der Waals surface area contributed by atoms with Crippen LogP contribution in [0.15, 0.2) is 6.33 Å². The van der Waals surface area contributed by atoms with Crippen LogP contribution in [0.4, 0.5) is 5.82 Å². The molecular weight excluding hydrogens is 302 g/mol. The summed E-state index contributed by atoms with van der Waals surface area (Å²) in [7, 11) is 1.39. The number of aromatic nitrogens is 4. The van der Waals surface area contributed by atoms with Crippen molar-refractivity contribution in [1.82, 2.24) is 23.9 Å². The minimum absolute atomic E-state index is 0.395. The molecule has 2 aromatic rings. The van der Waals surface area contributed by atoms with Crippen molar-refractivity contribution in [3.05, 3.63) is 17.6 Å². The molecule has 3 heterocycles. The molecule has 0 radical (unpaired) electrons. The van der Waals surface area contributed by atoms with Gasteiger partial charge in [0.05, 0.1) is 0 Å². The number of hydrogen-bond acceptors (Lipinski definition) is 6. The molecule has 1 unspecified atom stereocenters. The number of nitrogens with zero attached hydrogens (tertiary/aromatic N) is 6. The second kappa shape index (κ2) is 5.17. The predicted molar refractivity (Wildman–Crippen MR) is 85.4 cm³/mol. The summed E-state index contributed by atoms with van der Waals surface area (Å²) in [4.78, 5) is 10.7. The van der Waals surface area contributed by atoms with Gasteiger partial charge in [-0.3, -0.25) is 0 Å². The molecule has 0 bridgehead atoms. The first kappa shape index (κ1) is 15.2. The van der Waals surface area contributed by atoms with Crippen molar-refractivity contribution in [3.8, 4) is 0 Å². The Balaban J connectivity index is 1.91. The molecule has 1 aliphatic heterocycles. The molecule has 0 amide bonds. The fourth-order valence-corrected chi connectivity index (χ4v) is 3.88. The van der Waals surface area contributed by atoms with Crippen LogP contribution in [0.25, 0.3) is 5.78 Å². The molecule has 2 aromatic heterocycles. The standard InChI is InChI=1S/C13H21N7OS/c1-9-11(5-10-6-19(7-10)22(4,14)21)12(18(2)3)20-13(17-9)15-8-16-20/h8,10,14H,5-7H2,1-4H3. The summed E-state index contributed by atoms with van der Waals surface area (Å²) in [5.41, 5.74) is 2.09. The Labute approximate surface area is 130 Å². The van der Waals surface area contributed by atoms with Crippen LogP contribution in [0.2, 0.25) is 0 Å². The summed E-state index contributed by atoms with van der Waals surface area (Å²) in [5.74, 6) is 1.98. The van der Waals surface area contributed by atoms with Crippen molar-refractivity contribution in [2.75, 3.05) is 38.3 Å². The zero-order chi connectivity index (χ0) is 16.1. The third-order valence-corrected chi connectivity index (χ3v) is 5.32. The molecule has 1 aliphatic rings. The Kier molecular flexibility index (Phi) is 3.56. The van der Waals surface area contributed by atoms with Gasteiger partial charge in [-0.1, -0.05) is 0 Å². The molecule has 22 heavy (non-hydrogen) atoms. The van der Waals surface area contributed by atoms with Gasteiger partial charge in [-0.25, -0.2) is 18.3 Å². The maximum Gasteiger partial charge on any atom is 0.254 e. The molecule has 3 rings (SSSR count). The van der Waals surface area contributed by atoms with E-state index in [1.54, 1.807) is 8.82 Å². The van der Waals surface area contributed by atoms with Crippen LogP contribution in [0.3, 0.4) is 0 Å². The number of hydrogen-bond donors (Lipinski definition) is 1. The molecule has 9 heteroatoms. The molecule has 1 fully saturated rings. The van der Waals surface area contributed by atoms with Crippen molar-refractivity contribution >= 4 is 21.5 Å². The molecule has 1 saturated heterocycles. The Morgan fingerprint density at radius 2 is 2.14 bits per heavy atom. The van der Waals surface area contributed by atoms with E-state index in [9.17, 15) is 4.21 Å². The van der Waals surface area contributed by atoms with Crippen LogP contribution in [-0.2, 0) is 16.3 Å². The maximum absolute atomic E-state index is 11.7. The van der Waals surface area contributed by atoms with Gasteiger partial charge in [0.1, 0.15) is 22.1 Å². The van der Waals surface area contributed by atoms with Crippen LogP contribution in [0, 0.1) is 17.6 Å². The fourth-order valence-electron chi connectivity index (χ4n) is 2.89. The highest BCUT2D eigenvalue weighted by molar-refractivity contribution is 7.89. The molecule has 8 nitrogen and oxygen atoms in total. The van der Waals surface area contributed by atoms with Gasteiger partial charge >= 0.3 is 0 Å². The monoisotopic (exact) mass is 323 g/mol. The van der Waals surface area contributed by atoms with Gasteiger partial charge in [-0.2, -0.15) is 14.6 Å². The smallest absolute Gasteiger partial charge is 0.254 e. The highest BCUT2D eigenvalue weighted by Gasteiger charge is 2.33. The van der Waals surface area contributed by atoms with E-state index in [0.717, 1.165) is 23.5 Å². The van der Waals surface area contributed by atoms with Gasteiger partial charge in [-0.15, -0.1) is 0 Å². The van der Waals surface area contributed by atoms with Crippen molar-refractivity contribution < 1.29 is 4.21 Å². The summed E-state index contributed by atoms with van der Waals surface area (Å²) in [5, 5.41) is 4.26. The van der Waals surface area contributed by atoms with E-state index in [4.69, 9.17) is 4.78 Å². The minimum Gasteiger partial charge on any atom is -0.362 e. The first-order chi connectivity index (χ1) is 10.3. The third-order valence-electron chi connectivity index (χ3n) is 4.04. The lowest BCUT2D eigenvalue weighted by Gasteiger charge is -2.39. The van der Waals surface area contributed by atoms with Crippen molar-refractivity contribution in [1.29, 1.82) is 4.78 Å². The Bertz CT molecular complexity index is 805. The highest BCUT2D eigenvalue weighted by Crippen LogP contribution is 2.29. The highest BCUT2D eigenvalue weighted by atomic mass is 32.2. The van der Waals surface area contributed by atoms with Gasteiger partial charge < -0.3 is 4.90 Å². The average Bonchev–Trinajstić information content (AvgIpc) is 2.78. The van der Waals surface area contributed by atoms with Gasteiger partial charge in [0.25, 0.3) is 5.78 Å². The lowest BCUT2D eigenvalue weighted by Crippen LogP contribution is -2.49. The summed E-state index contributed by atoms with van der Waals surface area (Å²) in [6.07, 6.45) is 3.83. The van der Waals surface area contributed by atoms with E-state index < -0.39 is 9.92 Å². The number of fused-ring (bicyclic) bond motifs is 1. The molecule has 0 aliphatic carbocycles. The van der Waals surface area contributed by atoms with E-state index in [-0.39, 0.29) is 0 Å². The second-order valence-electron chi connectivity index (χ2n) is 6.09. The lowest BCUT2D eigenvalue weighted by atomic mass is 9.93. The number of anilines is 1.